The molecule has 0 bridgehead atoms. The number of hydrogen-bond acceptors (Lipinski definition) is 5. The monoisotopic (exact) mass is 405 g/mol. The average molecular weight is 406 g/mol. The highest BCUT2D eigenvalue weighted by Crippen LogP contribution is 2.33. The highest BCUT2D eigenvalue weighted by atomic mass is 32.1. The molecule has 3 aromatic rings. The van der Waals surface area contributed by atoms with E-state index in [2.05, 4.69) is 10.2 Å². The van der Waals surface area contributed by atoms with Crippen LogP contribution in [0.3, 0.4) is 0 Å². The lowest BCUT2D eigenvalue weighted by Gasteiger charge is -2.30. The van der Waals surface area contributed by atoms with Crippen molar-refractivity contribution in [3.05, 3.63) is 71.2 Å². The van der Waals surface area contributed by atoms with Crippen molar-refractivity contribution in [2.75, 3.05) is 20.2 Å². The van der Waals surface area contributed by atoms with Crippen LogP contribution in [0.25, 0.3) is 16.6 Å². The number of benzene rings is 2. The molecule has 2 aromatic carbocycles. The number of aromatic nitrogens is 2. The largest absolute Gasteiger partial charge is 0.497 e. The minimum absolute atomic E-state index is 0.0541. The third kappa shape index (κ3) is 4.71. The van der Waals surface area contributed by atoms with Gasteiger partial charge in [0.15, 0.2) is 0 Å². The first-order chi connectivity index (χ1) is 14.2. The van der Waals surface area contributed by atoms with Crippen LogP contribution >= 0.6 is 11.3 Å². The normalized spacial score (nSPS) is 16.9. The summed E-state index contributed by atoms with van der Waals surface area (Å²) in [7, 11) is 1.66. The van der Waals surface area contributed by atoms with E-state index in [9.17, 15) is 4.79 Å². The van der Waals surface area contributed by atoms with Crippen molar-refractivity contribution >= 4 is 23.3 Å². The topological polar surface area (TPSA) is 55.3 Å². The molecule has 1 saturated heterocycles. The van der Waals surface area contributed by atoms with Gasteiger partial charge in [0.2, 0.25) is 5.91 Å². The fourth-order valence-corrected chi connectivity index (χ4v) is 4.44. The zero-order valence-electron chi connectivity index (χ0n) is 16.3. The summed E-state index contributed by atoms with van der Waals surface area (Å²) in [6.45, 7) is 1.48. The Labute approximate surface area is 174 Å². The van der Waals surface area contributed by atoms with Crippen LogP contribution in [0.4, 0.5) is 0 Å². The Balaban J connectivity index is 1.42. The van der Waals surface area contributed by atoms with Gasteiger partial charge in [-0.15, -0.1) is 10.2 Å². The van der Waals surface area contributed by atoms with E-state index < -0.39 is 0 Å². The van der Waals surface area contributed by atoms with Crippen molar-refractivity contribution in [1.82, 2.24) is 15.1 Å². The van der Waals surface area contributed by atoms with Gasteiger partial charge in [0.1, 0.15) is 15.8 Å². The van der Waals surface area contributed by atoms with Gasteiger partial charge < -0.3 is 9.64 Å². The zero-order valence-corrected chi connectivity index (χ0v) is 17.1. The predicted octanol–water partition coefficient (Wildman–Crippen LogP) is 4.63. The number of rotatable bonds is 5. The highest BCUT2D eigenvalue weighted by Gasteiger charge is 2.26. The molecule has 4 rings (SSSR count). The number of carbonyl (C=O) groups excluding carboxylic acids is 1. The lowest BCUT2D eigenvalue weighted by atomic mass is 9.99. The Hall–Kier alpha value is -2.99. The quantitative estimate of drug-likeness (QED) is 0.581. The van der Waals surface area contributed by atoms with Gasteiger partial charge in [-0.25, -0.2) is 0 Å². The lowest BCUT2D eigenvalue weighted by molar-refractivity contribution is -0.127. The summed E-state index contributed by atoms with van der Waals surface area (Å²) in [5.74, 6) is 1.12. The third-order valence-electron chi connectivity index (χ3n) is 5.08. The maximum absolute atomic E-state index is 12.6. The Kier molecular flexibility index (Phi) is 6.00. The summed E-state index contributed by atoms with van der Waals surface area (Å²) < 4.78 is 5.21. The van der Waals surface area contributed by atoms with Crippen LogP contribution in [0.5, 0.6) is 5.75 Å². The maximum atomic E-state index is 12.6. The van der Waals surface area contributed by atoms with Crippen LogP contribution in [0, 0.1) is 0 Å². The van der Waals surface area contributed by atoms with E-state index >= 15 is 0 Å². The first-order valence-corrected chi connectivity index (χ1v) is 10.5. The number of carbonyl (C=O) groups is 1. The van der Waals surface area contributed by atoms with Crippen molar-refractivity contribution < 1.29 is 9.53 Å². The van der Waals surface area contributed by atoms with Crippen molar-refractivity contribution in [2.45, 2.75) is 18.8 Å². The minimum Gasteiger partial charge on any atom is -0.497 e. The number of ether oxygens (including phenoxy) is 1. The summed E-state index contributed by atoms with van der Waals surface area (Å²) in [6.07, 6.45) is 5.55. The number of hydrogen-bond donors (Lipinski definition) is 0. The second-order valence-electron chi connectivity index (χ2n) is 7.04. The van der Waals surface area contributed by atoms with Crippen molar-refractivity contribution in [3.63, 3.8) is 0 Å². The van der Waals surface area contributed by atoms with Gasteiger partial charge >= 0.3 is 0 Å². The second kappa shape index (κ2) is 9.01. The summed E-state index contributed by atoms with van der Waals surface area (Å²) in [4.78, 5) is 14.5. The molecule has 2 heterocycles. The number of methoxy groups -OCH3 is 1. The van der Waals surface area contributed by atoms with Gasteiger partial charge in [0.05, 0.1) is 7.11 Å². The van der Waals surface area contributed by atoms with Crippen LogP contribution in [0.2, 0.25) is 0 Å². The average Bonchev–Trinajstić information content (AvgIpc) is 3.29. The molecule has 1 amide bonds. The molecule has 1 unspecified atom stereocenters. The van der Waals surface area contributed by atoms with Crippen molar-refractivity contribution in [3.8, 4) is 16.3 Å². The maximum Gasteiger partial charge on any atom is 0.246 e. The molecule has 0 spiro atoms. The molecular formula is C23H23N3O2S. The van der Waals surface area contributed by atoms with Gasteiger partial charge in [-0.05, 0) is 48.7 Å². The molecule has 0 radical (unpaired) electrons. The smallest absolute Gasteiger partial charge is 0.246 e. The summed E-state index contributed by atoms with van der Waals surface area (Å²) in [6, 6.07) is 17.7. The highest BCUT2D eigenvalue weighted by molar-refractivity contribution is 7.14. The van der Waals surface area contributed by atoms with Crippen LogP contribution in [0.15, 0.2) is 60.7 Å². The summed E-state index contributed by atoms with van der Waals surface area (Å²) in [5, 5.41) is 10.7. The zero-order chi connectivity index (χ0) is 20.1. The van der Waals surface area contributed by atoms with Gasteiger partial charge in [0, 0.05) is 30.6 Å². The van der Waals surface area contributed by atoms with Crippen molar-refractivity contribution in [2.24, 2.45) is 0 Å². The fraction of sp³-hybridized carbons (Fsp3) is 0.261. The Morgan fingerprint density at radius 2 is 1.93 bits per heavy atom. The Morgan fingerprint density at radius 1 is 1.14 bits per heavy atom. The fourth-order valence-electron chi connectivity index (χ4n) is 3.47. The van der Waals surface area contributed by atoms with Crippen LogP contribution in [-0.2, 0) is 4.79 Å². The molecule has 1 fully saturated rings. The first kappa shape index (κ1) is 19.3. The number of amides is 1. The Morgan fingerprint density at radius 3 is 2.69 bits per heavy atom. The van der Waals surface area contributed by atoms with E-state index in [4.69, 9.17) is 4.74 Å². The number of likely N-dealkylation sites (tertiary alicyclic amines) is 1. The standard InChI is InChI=1S/C23H23N3O2S/c1-28-20-12-10-18(11-13-20)22-24-25-23(29-22)19-8-5-15-26(16-19)21(27)14-9-17-6-3-2-4-7-17/h2-4,6-7,9-14,19H,5,8,15-16H2,1H3/b14-9-. The van der Waals surface area contributed by atoms with E-state index in [1.165, 1.54) is 0 Å². The minimum atomic E-state index is 0.0541. The molecule has 1 aliphatic rings. The Bertz CT molecular complexity index is 983. The van der Waals surface area contributed by atoms with Gasteiger partial charge in [0.25, 0.3) is 0 Å². The van der Waals surface area contributed by atoms with E-state index in [1.807, 2.05) is 65.6 Å². The predicted molar refractivity (Wildman–Crippen MR) is 116 cm³/mol. The molecule has 1 aromatic heterocycles. The van der Waals surface area contributed by atoms with Gasteiger partial charge in [-0.3, -0.25) is 4.79 Å². The summed E-state index contributed by atoms with van der Waals surface area (Å²) >= 11 is 1.61. The van der Waals surface area contributed by atoms with Crippen LogP contribution in [0.1, 0.15) is 29.3 Å². The molecular weight excluding hydrogens is 382 g/mol. The second-order valence-corrected chi connectivity index (χ2v) is 8.05. The number of nitrogens with zero attached hydrogens (tertiary/aromatic N) is 3. The van der Waals surface area contributed by atoms with E-state index in [-0.39, 0.29) is 11.8 Å². The SMILES string of the molecule is COc1ccc(-c2nnc(C3CCCN(C(=O)/C=C\c4ccccc4)C3)s2)cc1. The molecule has 0 N–H and O–H groups in total. The van der Waals surface area contributed by atoms with Crippen molar-refractivity contribution in [1.29, 1.82) is 0 Å². The van der Waals surface area contributed by atoms with E-state index in [0.717, 1.165) is 46.3 Å². The van der Waals surface area contributed by atoms with Crippen LogP contribution < -0.4 is 4.74 Å². The third-order valence-corrected chi connectivity index (χ3v) is 6.21. The van der Waals surface area contributed by atoms with Gasteiger partial charge in [-0.1, -0.05) is 41.7 Å². The first-order valence-electron chi connectivity index (χ1n) is 9.73. The lowest BCUT2D eigenvalue weighted by Crippen LogP contribution is -2.38. The molecule has 1 atom stereocenters. The molecule has 5 nitrogen and oxygen atoms in total. The molecule has 29 heavy (non-hydrogen) atoms. The van der Waals surface area contributed by atoms with E-state index in [1.54, 1.807) is 24.5 Å². The van der Waals surface area contributed by atoms with E-state index in [0.29, 0.717) is 6.54 Å². The molecule has 0 aliphatic carbocycles. The summed E-state index contributed by atoms with van der Waals surface area (Å²) in [5.41, 5.74) is 2.06. The number of piperidine rings is 1. The molecule has 0 saturated carbocycles. The molecule has 148 valence electrons. The molecule has 1 aliphatic heterocycles. The van der Waals surface area contributed by atoms with Gasteiger partial charge in [-0.2, -0.15) is 0 Å². The molecule has 6 heteroatoms. The van der Waals surface area contributed by atoms with Crippen LogP contribution in [-0.4, -0.2) is 41.2 Å².